The third kappa shape index (κ3) is 2.72. The van der Waals surface area contributed by atoms with E-state index in [2.05, 4.69) is 5.10 Å². The van der Waals surface area contributed by atoms with Crippen LogP contribution in [0.4, 0.5) is 13.2 Å². The van der Waals surface area contributed by atoms with Gasteiger partial charge in [-0.1, -0.05) is 0 Å². The normalized spacial score (nSPS) is 13.6. The van der Waals surface area contributed by atoms with E-state index in [0.29, 0.717) is 5.69 Å². The van der Waals surface area contributed by atoms with Crippen molar-refractivity contribution in [2.45, 2.75) is 26.6 Å². The number of halogens is 3. The molecule has 0 amide bonds. The predicted octanol–water partition coefficient (Wildman–Crippen LogP) is 2.37. The van der Waals surface area contributed by atoms with Crippen LogP contribution in [-0.2, 0) is 12.7 Å². The molecule has 3 nitrogen and oxygen atoms in total. The Labute approximate surface area is 85.1 Å². The summed E-state index contributed by atoms with van der Waals surface area (Å²) in [6.45, 7) is 3.00. The van der Waals surface area contributed by atoms with Gasteiger partial charge >= 0.3 is 6.18 Å². The number of nitriles is 1. The number of aromatic nitrogens is 2. The third-order valence-corrected chi connectivity index (χ3v) is 1.86. The van der Waals surface area contributed by atoms with Gasteiger partial charge in [0.15, 0.2) is 0 Å². The first-order valence-corrected chi connectivity index (χ1v) is 4.36. The van der Waals surface area contributed by atoms with E-state index >= 15 is 0 Å². The van der Waals surface area contributed by atoms with Crippen molar-refractivity contribution in [3.63, 3.8) is 0 Å². The van der Waals surface area contributed by atoms with E-state index in [1.54, 1.807) is 6.92 Å². The van der Waals surface area contributed by atoms with Gasteiger partial charge in [-0.25, -0.2) is 0 Å². The highest BCUT2D eigenvalue weighted by atomic mass is 19.4. The first-order valence-electron chi connectivity index (χ1n) is 4.36. The van der Waals surface area contributed by atoms with Crippen molar-refractivity contribution < 1.29 is 13.2 Å². The van der Waals surface area contributed by atoms with Crippen LogP contribution in [0.3, 0.4) is 0 Å². The largest absolute Gasteiger partial charge is 0.433 e. The summed E-state index contributed by atoms with van der Waals surface area (Å²) in [7, 11) is 0. The maximum Gasteiger partial charge on any atom is 0.433 e. The molecule has 0 aromatic carbocycles. The average molecular weight is 217 g/mol. The van der Waals surface area contributed by atoms with Gasteiger partial charge in [-0.15, -0.1) is 0 Å². The van der Waals surface area contributed by atoms with E-state index < -0.39 is 17.8 Å². The van der Waals surface area contributed by atoms with Gasteiger partial charge in [-0.2, -0.15) is 23.5 Å². The zero-order chi connectivity index (χ0) is 11.6. The molecule has 0 radical (unpaired) electrons. The van der Waals surface area contributed by atoms with E-state index in [0.717, 1.165) is 10.7 Å². The number of hydrogen-bond donors (Lipinski definition) is 0. The molecule has 1 aromatic heterocycles. The van der Waals surface area contributed by atoms with Crippen LogP contribution in [0.2, 0.25) is 0 Å². The van der Waals surface area contributed by atoms with Gasteiger partial charge in [0.2, 0.25) is 0 Å². The third-order valence-electron chi connectivity index (χ3n) is 1.86. The highest BCUT2D eigenvalue weighted by Crippen LogP contribution is 2.30. The number of nitrogens with zero attached hydrogens (tertiary/aromatic N) is 3. The standard InChI is InChI=1S/C9H10F3N3/c1-6(4-13)5-15-8(9(10,11)12)3-7(2)14-15/h3,6H,5H2,1-2H3. The second-order valence-electron chi connectivity index (χ2n) is 3.38. The Morgan fingerprint density at radius 1 is 1.60 bits per heavy atom. The second kappa shape index (κ2) is 3.93. The van der Waals surface area contributed by atoms with Crippen molar-refractivity contribution in [3.05, 3.63) is 17.5 Å². The molecule has 0 N–H and O–H groups in total. The molecule has 1 heterocycles. The molecule has 0 aliphatic rings. The van der Waals surface area contributed by atoms with Crippen LogP contribution in [0.25, 0.3) is 0 Å². The Bertz CT molecular complexity index is 386. The molecule has 0 bridgehead atoms. The molecule has 15 heavy (non-hydrogen) atoms. The van der Waals surface area contributed by atoms with E-state index in [-0.39, 0.29) is 6.54 Å². The van der Waals surface area contributed by atoms with E-state index in [9.17, 15) is 13.2 Å². The van der Waals surface area contributed by atoms with Gasteiger partial charge in [-0.05, 0) is 19.9 Å². The zero-order valence-electron chi connectivity index (χ0n) is 8.34. The molecule has 0 spiro atoms. The number of hydrogen-bond acceptors (Lipinski definition) is 2. The monoisotopic (exact) mass is 217 g/mol. The number of alkyl halides is 3. The summed E-state index contributed by atoms with van der Waals surface area (Å²) >= 11 is 0. The Morgan fingerprint density at radius 3 is 2.67 bits per heavy atom. The molecule has 1 unspecified atom stereocenters. The molecule has 1 rings (SSSR count). The summed E-state index contributed by atoms with van der Waals surface area (Å²) in [6.07, 6.45) is -4.42. The van der Waals surface area contributed by atoms with Crippen molar-refractivity contribution in [2.24, 2.45) is 5.92 Å². The van der Waals surface area contributed by atoms with Crippen molar-refractivity contribution in [3.8, 4) is 6.07 Å². The minimum atomic E-state index is -4.42. The molecular weight excluding hydrogens is 207 g/mol. The summed E-state index contributed by atoms with van der Waals surface area (Å²) in [6, 6.07) is 2.85. The molecule has 0 fully saturated rings. The van der Waals surface area contributed by atoms with Crippen LogP contribution in [0.1, 0.15) is 18.3 Å². The molecule has 1 aromatic rings. The minimum Gasteiger partial charge on any atom is -0.259 e. The van der Waals surface area contributed by atoms with Crippen LogP contribution in [0, 0.1) is 24.2 Å². The summed E-state index contributed by atoms with van der Waals surface area (Å²) < 4.78 is 38.3. The predicted molar refractivity (Wildman–Crippen MR) is 46.7 cm³/mol. The van der Waals surface area contributed by atoms with E-state index in [4.69, 9.17) is 5.26 Å². The van der Waals surface area contributed by atoms with Gasteiger partial charge in [0.1, 0.15) is 5.69 Å². The Morgan fingerprint density at radius 2 is 2.20 bits per heavy atom. The van der Waals surface area contributed by atoms with E-state index in [1.165, 1.54) is 6.92 Å². The molecule has 1 atom stereocenters. The zero-order valence-corrected chi connectivity index (χ0v) is 8.34. The molecule has 82 valence electrons. The Balaban J connectivity index is 3.03. The van der Waals surface area contributed by atoms with Crippen molar-refractivity contribution in [2.75, 3.05) is 0 Å². The lowest BCUT2D eigenvalue weighted by Gasteiger charge is -2.10. The lowest BCUT2D eigenvalue weighted by molar-refractivity contribution is -0.144. The summed E-state index contributed by atoms with van der Waals surface area (Å²) in [4.78, 5) is 0. The van der Waals surface area contributed by atoms with Crippen LogP contribution >= 0.6 is 0 Å². The second-order valence-corrected chi connectivity index (χ2v) is 3.38. The van der Waals surface area contributed by atoms with Gasteiger partial charge in [0.25, 0.3) is 0 Å². The van der Waals surface area contributed by atoms with Crippen LogP contribution in [0.15, 0.2) is 6.07 Å². The highest BCUT2D eigenvalue weighted by Gasteiger charge is 2.35. The first kappa shape index (κ1) is 11.6. The van der Waals surface area contributed by atoms with E-state index in [1.807, 2.05) is 6.07 Å². The molecular formula is C9H10F3N3. The van der Waals surface area contributed by atoms with Gasteiger partial charge in [0, 0.05) is 0 Å². The maximum atomic E-state index is 12.5. The van der Waals surface area contributed by atoms with Crippen LogP contribution in [-0.4, -0.2) is 9.78 Å². The topological polar surface area (TPSA) is 41.6 Å². The molecule has 0 aliphatic heterocycles. The number of aryl methyl sites for hydroxylation is 1. The first-order chi connectivity index (χ1) is 6.84. The Kier molecular flexibility index (Phi) is 3.03. The smallest absolute Gasteiger partial charge is 0.259 e. The molecule has 0 saturated heterocycles. The SMILES string of the molecule is Cc1cc(C(F)(F)F)n(CC(C)C#N)n1. The van der Waals surface area contributed by atoms with Crippen molar-refractivity contribution in [1.29, 1.82) is 5.26 Å². The summed E-state index contributed by atoms with van der Waals surface area (Å²) in [5, 5.41) is 12.2. The fourth-order valence-electron chi connectivity index (χ4n) is 1.21. The molecule has 0 saturated carbocycles. The summed E-state index contributed by atoms with van der Waals surface area (Å²) in [5.41, 5.74) is -0.505. The van der Waals surface area contributed by atoms with Crippen molar-refractivity contribution >= 4 is 0 Å². The fourth-order valence-corrected chi connectivity index (χ4v) is 1.21. The lowest BCUT2D eigenvalue weighted by Crippen LogP contribution is -2.17. The Hall–Kier alpha value is -1.51. The maximum absolute atomic E-state index is 12.5. The molecule has 6 heteroatoms. The van der Waals surface area contributed by atoms with Gasteiger partial charge in [0.05, 0.1) is 24.2 Å². The van der Waals surface area contributed by atoms with Crippen LogP contribution < -0.4 is 0 Å². The van der Waals surface area contributed by atoms with Crippen molar-refractivity contribution in [1.82, 2.24) is 9.78 Å². The molecule has 0 aliphatic carbocycles. The van der Waals surface area contributed by atoms with Gasteiger partial charge < -0.3 is 0 Å². The number of rotatable bonds is 2. The summed E-state index contributed by atoms with van der Waals surface area (Å²) in [5.74, 6) is -0.495. The highest BCUT2D eigenvalue weighted by molar-refractivity contribution is 5.12. The minimum absolute atomic E-state index is 0.0425. The van der Waals surface area contributed by atoms with Gasteiger partial charge in [-0.3, -0.25) is 4.68 Å². The average Bonchev–Trinajstić information content (AvgIpc) is 2.45. The lowest BCUT2D eigenvalue weighted by atomic mass is 10.2. The quantitative estimate of drug-likeness (QED) is 0.763. The fraction of sp³-hybridized carbons (Fsp3) is 0.556. The van der Waals surface area contributed by atoms with Crippen LogP contribution in [0.5, 0.6) is 0 Å².